The van der Waals surface area contributed by atoms with Gasteiger partial charge >= 0.3 is 0 Å². The molecule has 1 aromatic rings. The molecule has 0 unspecified atom stereocenters. The fraction of sp³-hybridized carbons (Fsp3) is 0.727. The van der Waals surface area contributed by atoms with E-state index in [0.29, 0.717) is 12.5 Å². The molecule has 0 aromatic carbocycles. The first-order valence-electron chi connectivity index (χ1n) is 5.81. The van der Waals surface area contributed by atoms with Gasteiger partial charge in [-0.15, -0.1) is 0 Å². The Kier molecular flexibility index (Phi) is 4.18. The first kappa shape index (κ1) is 11.4. The molecule has 2 rings (SSSR count). The summed E-state index contributed by atoms with van der Waals surface area (Å²) in [5, 5.41) is 4.16. The van der Waals surface area contributed by atoms with Crippen molar-refractivity contribution in [1.82, 2.24) is 9.78 Å². The summed E-state index contributed by atoms with van der Waals surface area (Å²) < 4.78 is 12.8. The summed E-state index contributed by atoms with van der Waals surface area (Å²) in [4.78, 5) is 0. The molecule has 2 N–H and O–H groups in total. The smallest absolute Gasteiger partial charge is 0.157 e. The average molecular weight is 225 g/mol. The molecule has 0 aliphatic carbocycles. The third-order valence-corrected chi connectivity index (χ3v) is 2.79. The van der Waals surface area contributed by atoms with E-state index in [1.807, 2.05) is 6.20 Å². The molecule has 0 amide bonds. The number of nitrogens with two attached hydrogens (primary N) is 1. The zero-order chi connectivity index (χ0) is 11.2. The number of aromatic nitrogens is 2. The minimum absolute atomic E-state index is 0.598. The summed E-state index contributed by atoms with van der Waals surface area (Å²) in [6.45, 7) is 3.82. The van der Waals surface area contributed by atoms with Gasteiger partial charge in [0.1, 0.15) is 0 Å². The standard InChI is InChI=1S/C11H19N3O2/c12-3-4-14-8-11(7-13-14)16-9-10-1-5-15-6-2-10/h7-8,10H,1-6,9,12H2. The largest absolute Gasteiger partial charge is 0.490 e. The van der Waals surface area contributed by atoms with Crippen molar-refractivity contribution < 1.29 is 9.47 Å². The van der Waals surface area contributed by atoms with Gasteiger partial charge in [0.15, 0.2) is 5.75 Å². The van der Waals surface area contributed by atoms with Crippen LogP contribution in [-0.2, 0) is 11.3 Å². The van der Waals surface area contributed by atoms with Crippen molar-refractivity contribution in [2.75, 3.05) is 26.4 Å². The first-order chi connectivity index (χ1) is 7.88. The second-order valence-corrected chi connectivity index (χ2v) is 4.09. The van der Waals surface area contributed by atoms with E-state index >= 15 is 0 Å². The fourth-order valence-corrected chi connectivity index (χ4v) is 1.80. The molecule has 1 aliphatic heterocycles. The summed E-state index contributed by atoms with van der Waals surface area (Å²) in [5.41, 5.74) is 5.45. The van der Waals surface area contributed by atoms with E-state index < -0.39 is 0 Å². The van der Waals surface area contributed by atoms with Crippen LogP contribution >= 0.6 is 0 Å². The molecule has 2 heterocycles. The molecule has 0 atom stereocenters. The number of ether oxygens (including phenoxy) is 2. The lowest BCUT2D eigenvalue weighted by Crippen LogP contribution is -2.21. The topological polar surface area (TPSA) is 62.3 Å². The molecule has 1 aromatic heterocycles. The van der Waals surface area contributed by atoms with Crippen LogP contribution in [0.2, 0.25) is 0 Å². The van der Waals surface area contributed by atoms with Crippen LogP contribution in [0, 0.1) is 5.92 Å². The van der Waals surface area contributed by atoms with Gasteiger partial charge in [-0.05, 0) is 18.8 Å². The molecule has 1 fully saturated rings. The van der Waals surface area contributed by atoms with Gasteiger partial charge in [0, 0.05) is 19.8 Å². The zero-order valence-corrected chi connectivity index (χ0v) is 9.47. The highest BCUT2D eigenvalue weighted by molar-refractivity contribution is 5.11. The monoisotopic (exact) mass is 225 g/mol. The van der Waals surface area contributed by atoms with Gasteiger partial charge in [-0.3, -0.25) is 4.68 Å². The van der Waals surface area contributed by atoms with E-state index in [2.05, 4.69) is 5.10 Å². The third-order valence-electron chi connectivity index (χ3n) is 2.79. The molecule has 0 radical (unpaired) electrons. The summed E-state index contributed by atoms with van der Waals surface area (Å²) in [6.07, 6.45) is 5.83. The van der Waals surface area contributed by atoms with Crippen LogP contribution in [0.25, 0.3) is 0 Å². The quantitative estimate of drug-likeness (QED) is 0.799. The molecular weight excluding hydrogens is 206 g/mol. The minimum atomic E-state index is 0.598. The Bertz CT molecular complexity index is 308. The van der Waals surface area contributed by atoms with Crippen LogP contribution in [-0.4, -0.2) is 36.1 Å². The maximum Gasteiger partial charge on any atom is 0.157 e. The molecule has 16 heavy (non-hydrogen) atoms. The number of hydrogen-bond acceptors (Lipinski definition) is 4. The number of nitrogens with zero attached hydrogens (tertiary/aromatic N) is 2. The van der Waals surface area contributed by atoms with Gasteiger partial charge in [-0.25, -0.2) is 0 Å². The molecule has 1 aliphatic rings. The van der Waals surface area contributed by atoms with Gasteiger partial charge in [-0.1, -0.05) is 0 Å². The predicted molar refractivity (Wildman–Crippen MR) is 60.3 cm³/mol. The summed E-state index contributed by atoms with van der Waals surface area (Å²) >= 11 is 0. The van der Waals surface area contributed by atoms with Crippen LogP contribution in [0.4, 0.5) is 0 Å². The lowest BCUT2D eigenvalue weighted by molar-refractivity contribution is 0.0497. The van der Waals surface area contributed by atoms with Crippen molar-refractivity contribution in [3.63, 3.8) is 0 Å². The van der Waals surface area contributed by atoms with Gasteiger partial charge in [0.05, 0.1) is 25.5 Å². The highest BCUT2D eigenvalue weighted by Crippen LogP contribution is 2.17. The Morgan fingerprint density at radius 3 is 3.06 bits per heavy atom. The zero-order valence-electron chi connectivity index (χ0n) is 9.47. The minimum Gasteiger partial charge on any atom is -0.490 e. The fourth-order valence-electron chi connectivity index (χ4n) is 1.80. The molecule has 1 saturated heterocycles. The van der Waals surface area contributed by atoms with Crippen molar-refractivity contribution in [2.45, 2.75) is 19.4 Å². The van der Waals surface area contributed by atoms with Gasteiger partial charge in [-0.2, -0.15) is 5.10 Å². The van der Waals surface area contributed by atoms with E-state index in [1.165, 1.54) is 0 Å². The molecule has 0 spiro atoms. The van der Waals surface area contributed by atoms with Crippen molar-refractivity contribution in [3.05, 3.63) is 12.4 Å². The van der Waals surface area contributed by atoms with E-state index in [0.717, 1.165) is 45.0 Å². The normalized spacial score (nSPS) is 17.6. The summed E-state index contributed by atoms with van der Waals surface area (Å²) in [6, 6.07) is 0. The van der Waals surface area contributed by atoms with Gasteiger partial charge in [0.2, 0.25) is 0 Å². The van der Waals surface area contributed by atoms with E-state index in [1.54, 1.807) is 10.9 Å². The molecular formula is C11H19N3O2. The van der Waals surface area contributed by atoms with Crippen molar-refractivity contribution in [2.24, 2.45) is 11.7 Å². The van der Waals surface area contributed by atoms with Crippen LogP contribution in [0.1, 0.15) is 12.8 Å². The Labute approximate surface area is 95.5 Å². The van der Waals surface area contributed by atoms with Gasteiger partial charge < -0.3 is 15.2 Å². The van der Waals surface area contributed by atoms with E-state index in [4.69, 9.17) is 15.2 Å². The highest BCUT2D eigenvalue weighted by Gasteiger charge is 2.14. The lowest BCUT2D eigenvalue weighted by atomic mass is 10.0. The van der Waals surface area contributed by atoms with Crippen molar-refractivity contribution in [3.8, 4) is 5.75 Å². The van der Waals surface area contributed by atoms with Crippen molar-refractivity contribution in [1.29, 1.82) is 0 Å². The molecule has 0 bridgehead atoms. The predicted octanol–water partition coefficient (Wildman–Crippen LogP) is 0.647. The molecule has 0 saturated carbocycles. The second-order valence-electron chi connectivity index (χ2n) is 4.09. The molecule has 90 valence electrons. The molecule has 5 heteroatoms. The molecule has 5 nitrogen and oxygen atoms in total. The lowest BCUT2D eigenvalue weighted by Gasteiger charge is -2.21. The maximum absolute atomic E-state index is 5.69. The Balaban J connectivity index is 1.75. The van der Waals surface area contributed by atoms with E-state index in [-0.39, 0.29) is 0 Å². The van der Waals surface area contributed by atoms with Crippen LogP contribution < -0.4 is 10.5 Å². The Morgan fingerprint density at radius 2 is 2.31 bits per heavy atom. The first-order valence-corrected chi connectivity index (χ1v) is 5.81. The summed E-state index contributed by atoms with van der Waals surface area (Å²) in [5.74, 6) is 1.45. The van der Waals surface area contributed by atoms with Crippen LogP contribution in [0.5, 0.6) is 5.75 Å². The highest BCUT2D eigenvalue weighted by atomic mass is 16.5. The Hall–Kier alpha value is -1.07. The Morgan fingerprint density at radius 1 is 1.50 bits per heavy atom. The number of hydrogen-bond donors (Lipinski definition) is 1. The summed E-state index contributed by atoms with van der Waals surface area (Å²) in [7, 11) is 0. The van der Waals surface area contributed by atoms with Gasteiger partial charge in [0.25, 0.3) is 0 Å². The number of rotatable bonds is 5. The SMILES string of the molecule is NCCn1cc(OCC2CCOCC2)cn1. The van der Waals surface area contributed by atoms with E-state index in [9.17, 15) is 0 Å². The average Bonchev–Trinajstić information content (AvgIpc) is 2.76. The van der Waals surface area contributed by atoms with Crippen LogP contribution in [0.3, 0.4) is 0 Å². The third kappa shape index (κ3) is 3.21. The van der Waals surface area contributed by atoms with Crippen LogP contribution in [0.15, 0.2) is 12.4 Å². The second kappa shape index (κ2) is 5.86. The maximum atomic E-state index is 5.69. The van der Waals surface area contributed by atoms with Crippen molar-refractivity contribution >= 4 is 0 Å².